The number of ether oxygens (including phenoxy) is 1. The summed E-state index contributed by atoms with van der Waals surface area (Å²) in [4.78, 5) is 54.1. The minimum atomic E-state index is -1.14. The molecular weight excluding hydrogens is 444 g/mol. The number of carboxylic acids is 1. The molecule has 0 spiro atoms. The number of H-pyrrole nitrogens is 2. The first kappa shape index (κ1) is 24.2. The first-order valence-corrected chi connectivity index (χ1v) is 10.5. The summed E-state index contributed by atoms with van der Waals surface area (Å²) in [5.74, 6) is 0.121. The van der Waals surface area contributed by atoms with Gasteiger partial charge in [0, 0.05) is 45.9 Å². The smallest absolute Gasteiger partial charge is 0.414 e. The van der Waals surface area contributed by atoms with Crippen molar-refractivity contribution in [2.45, 2.75) is 25.3 Å². The summed E-state index contributed by atoms with van der Waals surface area (Å²) in [7, 11) is 3.14. The standard InChI is InChI=1S/C21H26N8O5/c1-29(2)21(33)34-14-7-5-13(6-8-14)12-15(17(30)31)25-19-26-18(27-20(32)28-19)24-9-3-4-16-22-10-11-23-16/h5-8,10-11,15H,3-4,9,12H2,1-2H3,(H,22,23)(H,30,31)(H3,24,25,26,27,28,32)/t15-/m0/s1. The molecule has 0 saturated heterocycles. The fourth-order valence-electron chi connectivity index (χ4n) is 2.91. The van der Waals surface area contributed by atoms with Crippen molar-refractivity contribution in [3.05, 3.63) is 58.5 Å². The van der Waals surface area contributed by atoms with Crippen LogP contribution < -0.4 is 21.1 Å². The van der Waals surface area contributed by atoms with E-state index in [4.69, 9.17) is 4.74 Å². The van der Waals surface area contributed by atoms with Crippen LogP contribution >= 0.6 is 0 Å². The highest BCUT2D eigenvalue weighted by Crippen LogP contribution is 2.15. The molecule has 0 saturated carbocycles. The minimum Gasteiger partial charge on any atom is -0.480 e. The molecule has 5 N–H and O–H groups in total. The Hall–Kier alpha value is -4.42. The van der Waals surface area contributed by atoms with E-state index in [9.17, 15) is 19.5 Å². The van der Waals surface area contributed by atoms with Gasteiger partial charge in [-0.05, 0) is 24.1 Å². The Morgan fingerprint density at radius 3 is 2.62 bits per heavy atom. The van der Waals surface area contributed by atoms with Crippen LogP contribution in [-0.4, -0.2) is 73.7 Å². The van der Waals surface area contributed by atoms with Gasteiger partial charge in [0.1, 0.15) is 17.6 Å². The summed E-state index contributed by atoms with van der Waals surface area (Å²) < 4.78 is 5.15. The molecule has 13 nitrogen and oxygen atoms in total. The third-order valence-electron chi connectivity index (χ3n) is 4.62. The summed E-state index contributed by atoms with van der Waals surface area (Å²) in [6.07, 6.45) is 4.44. The van der Waals surface area contributed by atoms with Crippen LogP contribution in [0.3, 0.4) is 0 Å². The van der Waals surface area contributed by atoms with Crippen molar-refractivity contribution in [1.82, 2.24) is 29.8 Å². The Labute approximate surface area is 194 Å². The third-order valence-corrected chi connectivity index (χ3v) is 4.62. The molecule has 1 atom stereocenters. The minimum absolute atomic E-state index is 0.0826. The Balaban J connectivity index is 1.59. The van der Waals surface area contributed by atoms with Crippen molar-refractivity contribution >= 4 is 24.0 Å². The number of benzene rings is 1. The van der Waals surface area contributed by atoms with Crippen molar-refractivity contribution in [3.63, 3.8) is 0 Å². The Morgan fingerprint density at radius 1 is 1.21 bits per heavy atom. The van der Waals surface area contributed by atoms with Gasteiger partial charge in [-0.1, -0.05) is 12.1 Å². The van der Waals surface area contributed by atoms with Gasteiger partial charge in [-0.15, -0.1) is 0 Å². The number of nitrogens with zero attached hydrogens (tertiary/aromatic N) is 4. The van der Waals surface area contributed by atoms with Crippen LogP contribution in [0.25, 0.3) is 0 Å². The molecular formula is C21H26N8O5. The Morgan fingerprint density at radius 2 is 1.97 bits per heavy atom. The molecule has 0 fully saturated rings. The number of carbonyl (C=O) groups is 2. The second-order valence-electron chi connectivity index (χ2n) is 7.54. The highest BCUT2D eigenvalue weighted by Gasteiger charge is 2.20. The van der Waals surface area contributed by atoms with E-state index < -0.39 is 23.8 Å². The molecule has 2 heterocycles. The average molecular weight is 470 g/mol. The van der Waals surface area contributed by atoms with E-state index in [1.165, 1.54) is 4.90 Å². The van der Waals surface area contributed by atoms with E-state index in [2.05, 4.69) is 35.6 Å². The number of imidazole rings is 1. The fourth-order valence-corrected chi connectivity index (χ4v) is 2.91. The van der Waals surface area contributed by atoms with Crippen LogP contribution in [0, 0.1) is 0 Å². The van der Waals surface area contributed by atoms with E-state index in [1.54, 1.807) is 50.8 Å². The number of rotatable bonds is 11. The summed E-state index contributed by atoms with van der Waals surface area (Å²) >= 11 is 0. The van der Waals surface area contributed by atoms with Crippen molar-refractivity contribution in [1.29, 1.82) is 0 Å². The highest BCUT2D eigenvalue weighted by atomic mass is 16.6. The lowest BCUT2D eigenvalue weighted by Crippen LogP contribution is -2.33. The number of amides is 1. The molecule has 13 heteroatoms. The second-order valence-corrected chi connectivity index (χ2v) is 7.54. The molecule has 0 aliphatic heterocycles. The fraction of sp³-hybridized carbons (Fsp3) is 0.333. The lowest BCUT2D eigenvalue weighted by Gasteiger charge is -2.15. The van der Waals surface area contributed by atoms with Crippen LogP contribution in [0.4, 0.5) is 16.7 Å². The zero-order valence-corrected chi connectivity index (χ0v) is 18.7. The molecule has 0 radical (unpaired) electrons. The van der Waals surface area contributed by atoms with Crippen molar-refractivity contribution in [3.8, 4) is 5.75 Å². The number of aliphatic carboxylic acids is 1. The lowest BCUT2D eigenvalue weighted by molar-refractivity contribution is -0.137. The summed E-state index contributed by atoms with van der Waals surface area (Å²) in [5.41, 5.74) is 0.00732. The Bertz CT molecular complexity index is 1140. The van der Waals surface area contributed by atoms with E-state index in [1.807, 2.05) is 0 Å². The predicted octanol–water partition coefficient (Wildman–Crippen LogP) is 1.10. The highest BCUT2D eigenvalue weighted by molar-refractivity contribution is 5.77. The first-order valence-electron chi connectivity index (χ1n) is 10.5. The maximum atomic E-state index is 11.9. The summed E-state index contributed by atoms with van der Waals surface area (Å²) in [6.45, 7) is 0.514. The van der Waals surface area contributed by atoms with Gasteiger partial charge in [0.05, 0.1) is 0 Å². The number of carboxylic acid groups (broad SMARTS) is 1. The molecule has 1 amide bonds. The largest absolute Gasteiger partial charge is 0.480 e. The maximum absolute atomic E-state index is 11.9. The van der Waals surface area contributed by atoms with E-state index in [0.717, 1.165) is 12.2 Å². The zero-order valence-electron chi connectivity index (χ0n) is 18.7. The SMILES string of the molecule is CN(C)C(=O)Oc1ccc(C[C@H](Nc2nc(NCCCc3ncc[nH]3)[nH]c(=O)n2)C(=O)O)cc1. The molecule has 0 aliphatic rings. The van der Waals surface area contributed by atoms with Crippen LogP contribution in [0.5, 0.6) is 5.75 Å². The van der Waals surface area contributed by atoms with Gasteiger partial charge in [-0.3, -0.25) is 4.98 Å². The zero-order chi connectivity index (χ0) is 24.5. The number of aryl methyl sites for hydroxylation is 1. The van der Waals surface area contributed by atoms with Crippen molar-refractivity contribution < 1.29 is 19.4 Å². The Kier molecular flexibility index (Phi) is 8.16. The topological polar surface area (TPSA) is 178 Å². The molecule has 3 rings (SSSR count). The van der Waals surface area contributed by atoms with Gasteiger partial charge in [0.15, 0.2) is 0 Å². The summed E-state index contributed by atoms with van der Waals surface area (Å²) in [5, 5.41) is 15.3. The van der Waals surface area contributed by atoms with Crippen LogP contribution in [-0.2, 0) is 17.6 Å². The van der Waals surface area contributed by atoms with Gasteiger partial charge in [0.25, 0.3) is 0 Å². The van der Waals surface area contributed by atoms with Gasteiger partial charge in [-0.2, -0.15) is 9.97 Å². The van der Waals surface area contributed by atoms with Gasteiger partial charge < -0.3 is 30.4 Å². The van der Waals surface area contributed by atoms with E-state index >= 15 is 0 Å². The molecule has 0 aliphatic carbocycles. The predicted molar refractivity (Wildman–Crippen MR) is 123 cm³/mol. The summed E-state index contributed by atoms with van der Waals surface area (Å²) in [6, 6.07) is 5.36. The third kappa shape index (κ3) is 7.32. The van der Waals surface area contributed by atoms with Crippen molar-refractivity contribution in [2.75, 3.05) is 31.3 Å². The van der Waals surface area contributed by atoms with Gasteiger partial charge >= 0.3 is 17.8 Å². The monoisotopic (exact) mass is 470 g/mol. The normalized spacial score (nSPS) is 11.5. The van der Waals surface area contributed by atoms with Crippen LogP contribution in [0.1, 0.15) is 17.8 Å². The van der Waals surface area contributed by atoms with Gasteiger partial charge in [0.2, 0.25) is 11.9 Å². The molecule has 34 heavy (non-hydrogen) atoms. The second kappa shape index (κ2) is 11.4. The molecule has 1 aromatic carbocycles. The number of aromatic amines is 2. The number of aromatic nitrogens is 5. The number of nitrogens with one attached hydrogen (secondary N) is 4. The quantitative estimate of drug-likeness (QED) is 0.255. The number of hydrogen-bond acceptors (Lipinski definition) is 9. The number of anilines is 2. The lowest BCUT2D eigenvalue weighted by atomic mass is 10.1. The van der Waals surface area contributed by atoms with Gasteiger partial charge in [-0.25, -0.2) is 19.4 Å². The molecule has 0 unspecified atom stereocenters. The maximum Gasteiger partial charge on any atom is 0.414 e. The van der Waals surface area contributed by atoms with E-state index in [0.29, 0.717) is 24.3 Å². The van der Waals surface area contributed by atoms with Crippen LogP contribution in [0.15, 0.2) is 41.5 Å². The average Bonchev–Trinajstić information content (AvgIpc) is 3.30. The molecule has 180 valence electrons. The molecule has 2 aromatic heterocycles. The number of carbonyl (C=O) groups excluding carboxylic acids is 1. The number of hydrogen-bond donors (Lipinski definition) is 5. The van der Waals surface area contributed by atoms with Crippen molar-refractivity contribution in [2.24, 2.45) is 0 Å². The van der Waals surface area contributed by atoms with E-state index in [-0.39, 0.29) is 18.3 Å². The first-order chi connectivity index (χ1) is 16.3. The van der Waals surface area contributed by atoms with Crippen LogP contribution in [0.2, 0.25) is 0 Å². The molecule has 0 bridgehead atoms. The molecule has 3 aromatic rings.